The Kier molecular flexibility index (Phi) is 5.90. The maximum atomic E-state index is 13.1. The second-order valence-corrected chi connectivity index (χ2v) is 7.47. The Balaban J connectivity index is 1.71. The zero-order valence-electron chi connectivity index (χ0n) is 16.3. The molecular formula is C21H18F3N5OS. The molecule has 2 heterocycles. The number of nitrogens with two attached hydrogens (primary N) is 1. The molecule has 10 heteroatoms. The second-order valence-electron chi connectivity index (χ2n) is 6.67. The van der Waals surface area contributed by atoms with Crippen molar-refractivity contribution >= 4 is 34.4 Å². The van der Waals surface area contributed by atoms with Gasteiger partial charge >= 0.3 is 5.76 Å². The van der Waals surface area contributed by atoms with E-state index in [1.54, 1.807) is 48.3 Å². The lowest BCUT2D eigenvalue weighted by Crippen LogP contribution is -2.00. The van der Waals surface area contributed by atoms with Gasteiger partial charge in [0.2, 0.25) is 0 Å². The fraction of sp³-hybridized carbons (Fsp3) is 0.143. The molecule has 3 N–H and O–H groups in total. The molecule has 160 valence electrons. The molecule has 0 saturated heterocycles. The molecule has 0 amide bonds. The van der Waals surface area contributed by atoms with Crippen molar-refractivity contribution < 1.29 is 17.9 Å². The summed E-state index contributed by atoms with van der Waals surface area (Å²) in [7, 11) is 1.80. The number of halogens is 3. The number of anilines is 2. The Labute approximate surface area is 180 Å². The standard InChI is InChI=1S/C21H18F3N5OS/c1-29-16-8-9-26-20(25)18(16)19(27-29)13-4-7-15(28-31-21(23)24)17(10-13)30-11-12-2-5-14(22)6-3-12/h2-10,21,28H,11H2,1H3,(H2,25,26). The van der Waals surface area contributed by atoms with Crippen LogP contribution in [0.5, 0.6) is 5.75 Å². The summed E-state index contributed by atoms with van der Waals surface area (Å²) < 4.78 is 48.7. The number of hydrogen-bond acceptors (Lipinski definition) is 6. The third kappa shape index (κ3) is 4.53. The van der Waals surface area contributed by atoms with Gasteiger partial charge in [-0.25, -0.2) is 9.37 Å². The highest BCUT2D eigenvalue weighted by atomic mass is 32.2. The average Bonchev–Trinajstić information content (AvgIpc) is 3.10. The van der Waals surface area contributed by atoms with Gasteiger partial charge in [0.15, 0.2) is 0 Å². The number of aryl methyl sites for hydroxylation is 1. The maximum absolute atomic E-state index is 13.1. The van der Waals surface area contributed by atoms with Gasteiger partial charge < -0.3 is 15.2 Å². The number of rotatable bonds is 7. The average molecular weight is 445 g/mol. The van der Waals surface area contributed by atoms with Crippen LogP contribution in [-0.4, -0.2) is 20.5 Å². The Morgan fingerprint density at radius 1 is 1.16 bits per heavy atom. The molecule has 0 unspecified atom stereocenters. The topological polar surface area (TPSA) is 78.0 Å². The minimum Gasteiger partial charge on any atom is -0.487 e. The number of benzene rings is 2. The normalized spacial score (nSPS) is 11.3. The number of pyridine rings is 1. The zero-order chi connectivity index (χ0) is 22.0. The van der Waals surface area contributed by atoms with Crippen molar-refractivity contribution in [3.8, 4) is 17.0 Å². The third-order valence-corrected chi connectivity index (χ3v) is 5.13. The summed E-state index contributed by atoms with van der Waals surface area (Å²) in [5.41, 5.74) is 9.29. The molecule has 0 radical (unpaired) electrons. The van der Waals surface area contributed by atoms with E-state index in [-0.39, 0.29) is 24.4 Å². The van der Waals surface area contributed by atoms with Crippen molar-refractivity contribution in [2.75, 3.05) is 10.5 Å². The number of hydrogen-bond donors (Lipinski definition) is 2. The molecule has 4 rings (SSSR count). The number of alkyl halides is 2. The fourth-order valence-electron chi connectivity index (χ4n) is 3.16. The Morgan fingerprint density at radius 2 is 1.94 bits per heavy atom. The van der Waals surface area contributed by atoms with Crippen molar-refractivity contribution in [3.05, 3.63) is 66.1 Å². The van der Waals surface area contributed by atoms with E-state index >= 15 is 0 Å². The molecule has 31 heavy (non-hydrogen) atoms. The third-order valence-electron chi connectivity index (χ3n) is 4.61. The van der Waals surface area contributed by atoms with Gasteiger partial charge in [-0.05, 0) is 35.9 Å². The molecule has 0 aliphatic carbocycles. The predicted molar refractivity (Wildman–Crippen MR) is 116 cm³/mol. The van der Waals surface area contributed by atoms with Crippen LogP contribution in [0.4, 0.5) is 24.7 Å². The van der Waals surface area contributed by atoms with Crippen LogP contribution in [0.3, 0.4) is 0 Å². The summed E-state index contributed by atoms with van der Waals surface area (Å²) in [4.78, 5) is 4.14. The highest BCUT2D eigenvalue weighted by molar-refractivity contribution is 8.00. The van der Waals surface area contributed by atoms with Crippen molar-refractivity contribution in [1.29, 1.82) is 0 Å². The monoisotopic (exact) mass is 445 g/mol. The first-order valence-electron chi connectivity index (χ1n) is 9.21. The number of nitrogen functional groups attached to an aromatic ring is 1. The van der Waals surface area contributed by atoms with Crippen LogP contribution in [0.1, 0.15) is 5.56 Å². The van der Waals surface area contributed by atoms with E-state index in [1.165, 1.54) is 12.1 Å². The SMILES string of the molecule is Cn1nc(-c2ccc(NSC(F)F)c(OCc3ccc(F)cc3)c2)c2c(N)nccc21. The summed E-state index contributed by atoms with van der Waals surface area (Å²) in [5.74, 6) is -2.27. The first-order chi connectivity index (χ1) is 14.9. The highest BCUT2D eigenvalue weighted by Gasteiger charge is 2.17. The summed E-state index contributed by atoms with van der Waals surface area (Å²) >= 11 is 0.270. The van der Waals surface area contributed by atoms with Gasteiger partial charge in [0.25, 0.3) is 0 Å². The summed E-state index contributed by atoms with van der Waals surface area (Å²) in [6, 6.07) is 12.7. The van der Waals surface area contributed by atoms with Crippen molar-refractivity contribution in [3.63, 3.8) is 0 Å². The summed E-state index contributed by atoms with van der Waals surface area (Å²) in [5, 5.41) is 5.24. The van der Waals surface area contributed by atoms with Crippen LogP contribution in [0.2, 0.25) is 0 Å². The smallest absolute Gasteiger partial charge is 0.302 e. The molecule has 0 fully saturated rings. The zero-order valence-corrected chi connectivity index (χ0v) is 17.2. The lowest BCUT2D eigenvalue weighted by Gasteiger charge is -2.14. The van der Waals surface area contributed by atoms with Gasteiger partial charge in [-0.2, -0.15) is 13.9 Å². The van der Waals surface area contributed by atoms with Gasteiger partial charge in [-0.1, -0.05) is 18.2 Å². The van der Waals surface area contributed by atoms with E-state index in [0.29, 0.717) is 33.9 Å². The van der Waals surface area contributed by atoms with Crippen molar-refractivity contribution in [2.24, 2.45) is 7.05 Å². The van der Waals surface area contributed by atoms with Crippen LogP contribution in [0, 0.1) is 5.82 Å². The largest absolute Gasteiger partial charge is 0.487 e. The molecule has 2 aromatic heterocycles. The van der Waals surface area contributed by atoms with Gasteiger partial charge in [-0.3, -0.25) is 4.68 Å². The number of nitrogens with zero attached hydrogens (tertiary/aromatic N) is 3. The number of ether oxygens (including phenoxy) is 1. The molecule has 0 aliphatic rings. The fourth-order valence-corrected chi connectivity index (χ4v) is 3.54. The molecule has 2 aromatic carbocycles. The molecule has 6 nitrogen and oxygen atoms in total. The van der Waals surface area contributed by atoms with Gasteiger partial charge in [0.1, 0.15) is 29.7 Å². The predicted octanol–water partition coefficient (Wildman–Crippen LogP) is 5.22. The minimum absolute atomic E-state index is 0.129. The van der Waals surface area contributed by atoms with Crippen LogP contribution in [-0.2, 0) is 13.7 Å². The van der Waals surface area contributed by atoms with E-state index in [2.05, 4.69) is 14.8 Å². The van der Waals surface area contributed by atoms with Gasteiger partial charge in [0, 0.05) is 30.8 Å². The molecule has 0 atom stereocenters. The van der Waals surface area contributed by atoms with E-state index < -0.39 is 5.76 Å². The van der Waals surface area contributed by atoms with Crippen molar-refractivity contribution in [1.82, 2.24) is 14.8 Å². The minimum atomic E-state index is -2.60. The Morgan fingerprint density at radius 3 is 2.68 bits per heavy atom. The first kappa shape index (κ1) is 20.9. The number of nitrogens with one attached hydrogen (secondary N) is 1. The molecule has 0 aliphatic heterocycles. The maximum Gasteiger partial charge on any atom is 0.302 e. The highest BCUT2D eigenvalue weighted by Crippen LogP contribution is 2.37. The number of fused-ring (bicyclic) bond motifs is 1. The Bertz CT molecular complexity index is 1210. The molecule has 0 saturated carbocycles. The Hall–Kier alpha value is -3.40. The quantitative estimate of drug-likeness (QED) is 0.380. The van der Waals surface area contributed by atoms with Crippen molar-refractivity contribution in [2.45, 2.75) is 12.4 Å². The van der Waals surface area contributed by atoms with Crippen LogP contribution in [0.15, 0.2) is 54.7 Å². The van der Waals surface area contributed by atoms with E-state index in [1.807, 2.05) is 6.07 Å². The van der Waals surface area contributed by atoms with Crippen LogP contribution in [0.25, 0.3) is 22.2 Å². The molecule has 4 aromatic rings. The lowest BCUT2D eigenvalue weighted by molar-refractivity contribution is 0.252. The summed E-state index contributed by atoms with van der Waals surface area (Å²) in [6.45, 7) is 0.129. The number of aromatic nitrogens is 3. The molecule has 0 bridgehead atoms. The molecular weight excluding hydrogens is 427 g/mol. The van der Waals surface area contributed by atoms with Crippen LogP contribution < -0.4 is 15.2 Å². The van der Waals surface area contributed by atoms with E-state index in [0.717, 1.165) is 11.1 Å². The van der Waals surface area contributed by atoms with E-state index in [4.69, 9.17) is 10.5 Å². The molecule has 0 spiro atoms. The van der Waals surface area contributed by atoms with E-state index in [9.17, 15) is 13.2 Å². The second kappa shape index (κ2) is 8.76. The first-order valence-corrected chi connectivity index (χ1v) is 10.1. The summed E-state index contributed by atoms with van der Waals surface area (Å²) in [6.07, 6.45) is 1.61. The van der Waals surface area contributed by atoms with Gasteiger partial charge in [-0.15, -0.1) is 0 Å². The van der Waals surface area contributed by atoms with Gasteiger partial charge in [0.05, 0.1) is 16.6 Å². The van der Waals surface area contributed by atoms with Crippen LogP contribution >= 0.6 is 11.9 Å². The lowest BCUT2D eigenvalue weighted by atomic mass is 10.1.